The van der Waals surface area contributed by atoms with Crippen LogP contribution in [-0.4, -0.2) is 24.3 Å². The van der Waals surface area contributed by atoms with E-state index in [4.69, 9.17) is 30.5 Å². The van der Waals surface area contributed by atoms with Gasteiger partial charge < -0.3 is 13.9 Å². The number of carbonyl (C=O) groups excluding carboxylic acids is 1. The Labute approximate surface area is 258 Å². The predicted octanol–water partition coefficient (Wildman–Crippen LogP) is 6.75. The lowest BCUT2D eigenvalue weighted by Crippen LogP contribution is -2.40. The summed E-state index contributed by atoms with van der Waals surface area (Å²) in [5.41, 5.74) is 1.30. The number of carbonyl (C=O) groups is 1. The standard InChI is InChI=1S/C30H26BrClN2O5S2/c1-4-6-22-26(29(36)38-5-2)27(21-15-17(31)7-13-23(21)37-3)34-28(35)24(41-30(34)33-22)16-19-10-14-25(39-19)40-20-11-8-18(32)9-12-20/h7-16,27H,4-6H2,1-3H3/b24-16+/t27-/m1/s1. The second-order valence-electron chi connectivity index (χ2n) is 9.01. The van der Waals surface area contributed by atoms with Crippen LogP contribution in [0.5, 0.6) is 5.75 Å². The van der Waals surface area contributed by atoms with Crippen molar-refractivity contribution in [3.8, 4) is 5.75 Å². The molecule has 0 unspecified atom stereocenters. The fraction of sp³-hybridized carbons (Fsp3) is 0.233. The van der Waals surface area contributed by atoms with E-state index >= 15 is 0 Å². The zero-order valence-electron chi connectivity index (χ0n) is 22.5. The smallest absolute Gasteiger partial charge is 0.338 e. The van der Waals surface area contributed by atoms with Crippen molar-refractivity contribution in [2.45, 2.75) is 42.7 Å². The summed E-state index contributed by atoms with van der Waals surface area (Å²) in [4.78, 5) is 33.7. The van der Waals surface area contributed by atoms with Gasteiger partial charge in [-0.2, -0.15) is 0 Å². The maximum absolute atomic E-state index is 14.0. The molecule has 1 aliphatic rings. The van der Waals surface area contributed by atoms with Gasteiger partial charge in [-0.05, 0) is 67.9 Å². The predicted molar refractivity (Wildman–Crippen MR) is 165 cm³/mol. The third-order valence-corrected chi connectivity index (χ3v) is 8.94. The molecule has 11 heteroatoms. The van der Waals surface area contributed by atoms with E-state index in [1.54, 1.807) is 30.7 Å². The lowest BCUT2D eigenvalue weighted by Gasteiger charge is -2.27. The molecule has 1 aliphatic heterocycles. The Kier molecular flexibility index (Phi) is 9.23. The molecule has 0 saturated carbocycles. The van der Waals surface area contributed by atoms with Gasteiger partial charge in [0.05, 0.1) is 29.5 Å². The van der Waals surface area contributed by atoms with Crippen molar-refractivity contribution in [3.05, 3.63) is 106 Å². The van der Waals surface area contributed by atoms with Crippen LogP contribution in [0.3, 0.4) is 0 Å². The first kappa shape index (κ1) is 29.4. The molecular weight excluding hydrogens is 648 g/mol. The quantitative estimate of drug-likeness (QED) is 0.183. The van der Waals surface area contributed by atoms with Crippen molar-refractivity contribution in [3.63, 3.8) is 0 Å². The summed E-state index contributed by atoms with van der Waals surface area (Å²) in [6.07, 6.45) is 3.02. The first-order valence-corrected chi connectivity index (χ1v) is 15.7. The van der Waals surface area contributed by atoms with E-state index in [1.165, 1.54) is 23.1 Å². The van der Waals surface area contributed by atoms with Gasteiger partial charge in [0, 0.05) is 26.0 Å². The molecule has 0 fully saturated rings. The first-order chi connectivity index (χ1) is 19.8. The molecule has 212 valence electrons. The van der Waals surface area contributed by atoms with E-state index in [9.17, 15) is 9.59 Å². The number of halogens is 2. The van der Waals surface area contributed by atoms with Crippen LogP contribution < -0.4 is 19.6 Å². The van der Waals surface area contributed by atoms with Crippen molar-refractivity contribution in [2.75, 3.05) is 13.7 Å². The second-order valence-corrected chi connectivity index (χ2v) is 12.5. The van der Waals surface area contributed by atoms with E-state index in [0.29, 0.717) is 54.2 Å². The molecule has 0 bridgehead atoms. The van der Waals surface area contributed by atoms with Crippen LogP contribution in [0.2, 0.25) is 5.02 Å². The number of esters is 1. The van der Waals surface area contributed by atoms with Gasteiger partial charge >= 0.3 is 5.97 Å². The fourth-order valence-electron chi connectivity index (χ4n) is 4.55. The Bertz CT molecular complexity index is 1810. The van der Waals surface area contributed by atoms with E-state index in [2.05, 4.69) is 15.9 Å². The molecule has 1 atom stereocenters. The molecule has 3 heterocycles. The summed E-state index contributed by atoms with van der Waals surface area (Å²) in [6, 6.07) is 15.9. The van der Waals surface area contributed by atoms with Crippen molar-refractivity contribution < 1.29 is 18.7 Å². The summed E-state index contributed by atoms with van der Waals surface area (Å²) in [5, 5.41) is 1.34. The van der Waals surface area contributed by atoms with Crippen molar-refractivity contribution in [2.24, 2.45) is 4.99 Å². The van der Waals surface area contributed by atoms with Gasteiger partial charge in [-0.3, -0.25) is 9.36 Å². The molecular formula is C30H26BrClN2O5S2. The number of furan rings is 1. The van der Waals surface area contributed by atoms with E-state index in [1.807, 2.05) is 55.5 Å². The van der Waals surface area contributed by atoms with Gasteiger partial charge in [-0.15, -0.1) is 0 Å². The molecule has 0 aliphatic carbocycles. The fourth-order valence-corrected chi connectivity index (χ4v) is 6.83. The average molecular weight is 674 g/mol. The minimum absolute atomic E-state index is 0.198. The molecule has 7 nitrogen and oxygen atoms in total. The number of fused-ring (bicyclic) bond motifs is 1. The monoisotopic (exact) mass is 672 g/mol. The number of rotatable bonds is 9. The summed E-state index contributed by atoms with van der Waals surface area (Å²) < 4.78 is 19.9. The highest BCUT2D eigenvalue weighted by Gasteiger charge is 2.36. The van der Waals surface area contributed by atoms with Gasteiger partial charge in [-0.25, -0.2) is 9.79 Å². The van der Waals surface area contributed by atoms with Gasteiger partial charge in [0.15, 0.2) is 9.89 Å². The summed E-state index contributed by atoms with van der Waals surface area (Å²) in [7, 11) is 1.56. The Balaban J connectivity index is 1.65. The number of allylic oxidation sites excluding steroid dienone is 1. The Hall–Kier alpha value is -3.05. The zero-order valence-corrected chi connectivity index (χ0v) is 26.5. The highest BCUT2D eigenvalue weighted by atomic mass is 79.9. The number of thiazole rings is 1. The molecule has 0 spiro atoms. The second kappa shape index (κ2) is 12.9. The highest BCUT2D eigenvalue weighted by Crippen LogP contribution is 2.38. The third kappa shape index (κ3) is 6.25. The zero-order chi connectivity index (χ0) is 29.1. The van der Waals surface area contributed by atoms with Crippen LogP contribution in [0.4, 0.5) is 0 Å². The SMILES string of the molecule is CCCC1=C(C(=O)OCC)[C@@H](c2cc(Br)ccc2OC)n2c(s/c(=C/c3ccc(Sc4ccc(Cl)cc4)o3)c2=O)=N1. The summed E-state index contributed by atoms with van der Waals surface area (Å²) >= 11 is 12.2. The topological polar surface area (TPSA) is 83.0 Å². The summed E-state index contributed by atoms with van der Waals surface area (Å²) in [6.45, 7) is 3.97. The molecule has 0 radical (unpaired) electrons. The van der Waals surface area contributed by atoms with Gasteiger partial charge in [-0.1, -0.05) is 64.0 Å². The number of hydrogen-bond donors (Lipinski definition) is 0. The number of ether oxygens (including phenoxy) is 2. The normalized spacial score (nSPS) is 15.0. The molecule has 4 aromatic rings. The molecule has 2 aromatic carbocycles. The van der Waals surface area contributed by atoms with Crippen LogP contribution in [0, 0.1) is 0 Å². The first-order valence-electron chi connectivity index (χ1n) is 12.9. The number of aromatic nitrogens is 1. The van der Waals surface area contributed by atoms with E-state index in [0.717, 1.165) is 15.8 Å². The van der Waals surface area contributed by atoms with Crippen LogP contribution in [0.15, 0.2) is 94.5 Å². The van der Waals surface area contributed by atoms with Crippen molar-refractivity contribution in [1.82, 2.24) is 4.57 Å². The Morgan fingerprint density at radius 3 is 2.68 bits per heavy atom. The Morgan fingerprint density at radius 2 is 1.98 bits per heavy atom. The lowest BCUT2D eigenvalue weighted by atomic mass is 9.93. The highest BCUT2D eigenvalue weighted by molar-refractivity contribution is 9.10. The molecule has 0 saturated heterocycles. The van der Waals surface area contributed by atoms with Crippen LogP contribution in [-0.2, 0) is 9.53 Å². The molecule has 41 heavy (non-hydrogen) atoms. The minimum atomic E-state index is -0.783. The van der Waals surface area contributed by atoms with Gasteiger partial charge in [0.2, 0.25) is 0 Å². The number of nitrogens with zero attached hydrogens (tertiary/aromatic N) is 2. The number of hydrogen-bond acceptors (Lipinski definition) is 8. The van der Waals surface area contributed by atoms with Crippen molar-refractivity contribution in [1.29, 1.82) is 0 Å². The minimum Gasteiger partial charge on any atom is -0.496 e. The largest absolute Gasteiger partial charge is 0.496 e. The van der Waals surface area contributed by atoms with Crippen LogP contribution in [0.1, 0.15) is 44.1 Å². The van der Waals surface area contributed by atoms with E-state index in [-0.39, 0.29) is 12.2 Å². The molecule has 0 N–H and O–H groups in total. The molecule has 2 aromatic heterocycles. The molecule has 5 rings (SSSR count). The average Bonchev–Trinajstić information content (AvgIpc) is 3.52. The van der Waals surface area contributed by atoms with Gasteiger partial charge in [0.25, 0.3) is 5.56 Å². The third-order valence-electron chi connectivity index (χ3n) is 6.29. The number of benzene rings is 2. The summed E-state index contributed by atoms with van der Waals surface area (Å²) in [5.74, 6) is 0.569. The van der Waals surface area contributed by atoms with Crippen LogP contribution in [0.25, 0.3) is 6.08 Å². The lowest BCUT2D eigenvalue weighted by molar-refractivity contribution is -0.139. The maximum atomic E-state index is 14.0. The van der Waals surface area contributed by atoms with Crippen molar-refractivity contribution >= 4 is 62.7 Å². The molecule has 0 amide bonds. The maximum Gasteiger partial charge on any atom is 0.338 e. The van der Waals surface area contributed by atoms with Gasteiger partial charge in [0.1, 0.15) is 17.6 Å². The van der Waals surface area contributed by atoms with Crippen LogP contribution >= 0.6 is 50.6 Å². The number of methoxy groups -OCH3 is 1. The Morgan fingerprint density at radius 1 is 1.20 bits per heavy atom. The van der Waals surface area contributed by atoms with E-state index < -0.39 is 12.0 Å².